The number of halogens is 2. The van der Waals surface area contributed by atoms with Gasteiger partial charge in [-0.15, -0.1) is 0 Å². The molecular formula is C33H29F2N9O4. The highest BCUT2D eigenvalue weighted by molar-refractivity contribution is 6.01. The Morgan fingerprint density at radius 1 is 0.958 bits per heavy atom. The van der Waals surface area contributed by atoms with Crippen LogP contribution < -0.4 is 15.6 Å². The zero-order valence-electron chi connectivity index (χ0n) is 25.3. The summed E-state index contributed by atoms with van der Waals surface area (Å²) in [5.74, 6) is -1.62. The van der Waals surface area contributed by atoms with Gasteiger partial charge >= 0.3 is 0 Å². The predicted octanol–water partition coefficient (Wildman–Crippen LogP) is 6.93. The molecule has 4 aromatic rings. The number of hydrogen-bond acceptors (Lipinski definition) is 8. The van der Waals surface area contributed by atoms with Crippen molar-refractivity contribution in [1.29, 1.82) is 0 Å². The highest BCUT2D eigenvalue weighted by Crippen LogP contribution is 2.46. The second-order valence-electron chi connectivity index (χ2n) is 10.6. The van der Waals surface area contributed by atoms with Gasteiger partial charge in [0.25, 0.3) is 5.91 Å². The Balaban J connectivity index is 1.60. The number of amides is 1. The first-order valence-corrected chi connectivity index (χ1v) is 14.7. The molecule has 2 atom stereocenters. The molecule has 244 valence electrons. The van der Waals surface area contributed by atoms with Crippen molar-refractivity contribution in [3.05, 3.63) is 146 Å². The molecule has 15 heteroatoms. The van der Waals surface area contributed by atoms with Crippen molar-refractivity contribution in [2.24, 2.45) is 15.2 Å². The number of rotatable bonds is 14. The fourth-order valence-electron chi connectivity index (χ4n) is 5.25. The average molecular weight is 654 g/mol. The number of benzene rings is 4. The molecular weight excluding hydrogens is 624 g/mol. The number of ether oxygens (including phenoxy) is 2. The lowest BCUT2D eigenvalue weighted by molar-refractivity contribution is -0.130. The summed E-state index contributed by atoms with van der Waals surface area (Å²) in [5.41, 5.74) is 24.1. The Morgan fingerprint density at radius 2 is 1.62 bits per heavy atom. The molecule has 4 aromatic carbocycles. The number of aliphatic imine (C=N–C) groups is 1. The minimum absolute atomic E-state index is 0.0115. The molecule has 0 bridgehead atoms. The van der Waals surface area contributed by atoms with E-state index in [1.165, 1.54) is 0 Å². The van der Waals surface area contributed by atoms with Crippen LogP contribution in [0, 0.1) is 11.6 Å². The Morgan fingerprint density at radius 3 is 2.33 bits per heavy atom. The average Bonchev–Trinajstić information content (AvgIpc) is 3.46. The highest BCUT2D eigenvalue weighted by atomic mass is 19.1. The summed E-state index contributed by atoms with van der Waals surface area (Å²) in [7, 11) is 0. The molecule has 0 fully saturated rings. The lowest BCUT2D eigenvalue weighted by Crippen LogP contribution is -2.53. The fraction of sp³-hybridized carbons (Fsp3) is 0.212. The maximum absolute atomic E-state index is 14.4. The van der Waals surface area contributed by atoms with E-state index in [4.69, 9.17) is 19.6 Å². The molecule has 1 heterocycles. The Kier molecular flexibility index (Phi) is 10.8. The molecule has 0 aliphatic carbocycles. The van der Waals surface area contributed by atoms with E-state index in [0.717, 1.165) is 18.2 Å². The van der Waals surface area contributed by atoms with Crippen molar-refractivity contribution in [2.75, 3.05) is 13.2 Å². The number of carbonyl (C=O) groups excluding carboxylic acids is 1. The summed E-state index contributed by atoms with van der Waals surface area (Å²) >= 11 is 0. The number of hydrazine groups is 1. The zero-order valence-corrected chi connectivity index (χ0v) is 25.3. The topological polar surface area (TPSA) is 190 Å². The van der Waals surface area contributed by atoms with Crippen LogP contribution in [0.4, 0.5) is 20.2 Å². The standard InChI is InChI=1S/C33H29F2N9O4/c34-24-16-21(17-25(35)18-24)20-38-42-32(46)33(19-23-6-1-3-8-28(23)40-43-36)30(27-7-2-4-9-29(27)41-44-37)48-31(39-33)22-10-12-26(13-11-22)47-15-5-14-45/h1-4,6-13,16-18,30,38,45H,5,14-15,19-20H2,(H,42,46)/t30-,33-/m0/s1. The second-order valence-corrected chi connectivity index (χ2v) is 10.6. The molecule has 13 nitrogen and oxygen atoms in total. The highest BCUT2D eigenvalue weighted by Gasteiger charge is 2.54. The summed E-state index contributed by atoms with van der Waals surface area (Å²) in [5, 5.41) is 16.7. The van der Waals surface area contributed by atoms with Crippen LogP contribution in [-0.2, 0) is 22.5 Å². The lowest BCUT2D eigenvalue weighted by atomic mass is 9.81. The lowest BCUT2D eigenvalue weighted by Gasteiger charge is -2.31. The summed E-state index contributed by atoms with van der Waals surface area (Å²) in [6.45, 7) is 0.165. The second kappa shape index (κ2) is 15.5. The molecule has 1 aliphatic rings. The van der Waals surface area contributed by atoms with Gasteiger partial charge in [0.2, 0.25) is 5.90 Å². The van der Waals surface area contributed by atoms with Crippen LogP contribution in [0.3, 0.4) is 0 Å². The van der Waals surface area contributed by atoms with Gasteiger partial charge in [0.15, 0.2) is 11.6 Å². The van der Waals surface area contributed by atoms with Gasteiger partial charge in [-0.2, -0.15) is 0 Å². The van der Waals surface area contributed by atoms with Gasteiger partial charge < -0.3 is 14.6 Å². The van der Waals surface area contributed by atoms with E-state index < -0.39 is 29.2 Å². The minimum atomic E-state index is -1.81. The molecule has 0 unspecified atom stereocenters. The quantitative estimate of drug-likeness (QED) is 0.0436. The number of nitrogens with zero attached hydrogens (tertiary/aromatic N) is 7. The van der Waals surface area contributed by atoms with E-state index in [9.17, 15) is 24.6 Å². The first-order valence-electron chi connectivity index (χ1n) is 14.7. The maximum Gasteiger partial charge on any atom is 0.266 e. The molecule has 0 radical (unpaired) electrons. The maximum atomic E-state index is 14.4. The molecule has 3 N–H and O–H groups in total. The van der Waals surface area contributed by atoms with Gasteiger partial charge in [-0.3, -0.25) is 10.2 Å². The molecule has 0 saturated heterocycles. The van der Waals surface area contributed by atoms with Crippen LogP contribution in [0.25, 0.3) is 20.9 Å². The number of carbonyl (C=O) groups is 1. The number of aliphatic hydroxyl groups is 1. The SMILES string of the molecule is [N-]=[N+]=Nc1ccccc1C[C@]1(C(=O)NNCc2cc(F)cc(F)c2)N=C(c2ccc(OCCCO)cc2)O[C@H]1c1ccccc1N=[N+]=[N-]. The van der Waals surface area contributed by atoms with Crippen molar-refractivity contribution < 1.29 is 28.2 Å². The van der Waals surface area contributed by atoms with Crippen molar-refractivity contribution in [3.8, 4) is 5.75 Å². The first-order chi connectivity index (χ1) is 23.4. The first kappa shape index (κ1) is 33.4. The third-order valence-corrected chi connectivity index (χ3v) is 7.42. The Labute approximate surface area is 273 Å². The summed E-state index contributed by atoms with van der Waals surface area (Å²) in [6, 6.07) is 23.0. The van der Waals surface area contributed by atoms with Gasteiger partial charge in [0.1, 0.15) is 17.4 Å². The Hall–Kier alpha value is -5.98. The molecule has 1 aliphatic heterocycles. The van der Waals surface area contributed by atoms with Crippen molar-refractivity contribution >= 4 is 23.2 Å². The number of aliphatic hydroxyl groups excluding tert-OH is 1. The van der Waals surface area contributed by atoms with Crippen LogP contribution in [0.5, 0.6) is 5.75 Å². The Bertz CT molecular complexity index is 1890. The van der Waals surface area contributed by atoms with E-state index >= 15 is 0 Å². The fourth-order valence-corrected chi connectivity index (χ4v) is 5.25. The van der Waals surface area contributed by atoms with Crippen LogP contribution in [0.2, 0.25) is 0 Å². The molecule has 5 rings (SSSR count). The summed E-state index contributed by atoms with van der Waals surface area (Å²) in [6.07, 6.45) is -0.867. The van der Waals surface area contributed by atoms with E-state index in [1.54, 1.807) is 72.8 Å². The molecule has 0 aromatic heterocycles. The molecule has 0 saturated carbocycles. The van der Waals surface area contributed by atoms with Crippen molar-refractivity contribution in [2.45, 2.75) is 31.0 Å². The molecule has 0 spiro atoms. The third kappa shape index (κ3) is 7.69. The number of hydrogen-bond donors (Lipinski definition) is 3. The van der Waals surface area contributed by atoms with E-state index in [0.29, 0.717) is 35.5 Å². The monoisotopic (exact) mass is 653 g/mol. The predicted molar refractivity (Wildman–Crippen MR) is 172 cm³/mol. The van der Waals surface area contributed by atoms with Crippen LogP contribution in [0.15, 0.2) is 106 Å². The smallest absolute Gasteiger partial charge is 0.266 e. The largest absolute Gasteiger partial charge is 0.494 e. The molecule has 48 heavy (non-hydrogen) atoms. The zero-order chi connectivity index (χ0) is 33.9. The van der Waals surface area contributed by atoms with Gasteiger partial charge in [-0.1, -0.05) is 58.8 Å². The van der Waals surface area contributed by atoms with Gasteiger partial charge in [-0.25, -0.2) is 19.2 Å². The molecule has 1 amide bonds. The normalized spacial score (nSPS) is 16.6. The van der Waals surface area contributed by atoms with E-state index in [2.05, 4.69) is 30.9 Å². The van der Waals surface area contributed by atoms with Crippen LogP contribution in [-0.4, -0.2) is 35.7 Å². The number of nitrogens with one attached hydrogen (secondary N) is 2. The van der Waals surface area contributed by atoms with Crippen molar-refractivity contribution in [3.63, 3.8) is 0 Å². The van der Waals surface area contributed by atoms with Gasteiger partial charge in [0, 0.05) is 64.4 Å². The van der Waals surface area contributed by atoms with Crippen molar-refractivity contribution in [1.82, 2.24) is 10.9 Å². The summed E-state index contributed by atoms with van der Waals surface area (Å²) < 4.78 is 39.8. The van der Waals surface area contributed by atoms with Crippen LogP contribution >= 0.6 is 0 Å². The third-order valence-electron chi connectivity index (χ3n) is 7.42. The minimum Gasteiger partial charge on any atom is -0.494 e. The van der Waals surface area contributed by atoms with E-state index in [-0.39, 0.29) is 42.4 Å². The van der Waals surface area contributed by atoms with Gasteiger partial charge in [-0.05, 0) is 58.6 Å². The van der Waals surface area contributed by atoms with Crippen LogP contribution in [0.1, 0.15) is 34.8 Å². The summed E-state index contributed by atoms with van der Waals surface area (Å²) in [4.78, 5) is 25.2. The van der Waals surface area contributed by atoms with E-state index in [1.807, 2.05) is 0 Å². The van der Waals surface area contributed by atoms with Gasteiger partial charge in [0.05, 0.1) is 6.61 Å². The number of azide groups is 2.